The van der Waals surface area contributed by atoms with Crippen molar-refractivity contribution in [3.63, 3.8) is 0 Å². The summed E-state index contributed by atoms with van der Waals surface area (Å²) in [5.74, 6) is 0.698. The van der Waals surface area contributed by atoms with Crippen molar-refractivity contribution in [1.82, 2.24) is 19.3 Å². The van der Waals surface area contributed by atoms with Crippen LogP contribution in [0.1, 0.15) is 17.4 Å². The Hall–Kier alpha value is -2.03. The van der Waals surface area contributed by atoms with E-state index in [4.69, 9.17) is 0 Å². The van der Waals surface area contributed by atoms with Crippen molar-refractivity contribution in [2.45, 2.75) is 24.1 Å². The van der Waals surface area contributed by atoms with E-state index >= 15 is 0 Å². The Morgan fingerprint density at radius 1 is 1.26 bits per heavy atom. The molecule has 0 atom stereocenters. The van der Waals surface area contributed by atoms with Crippen LogP contribution in [0.15, 0.2) is 53.4 Å². The predicted molar refractivity (Wildman–Crippen MR) is 89.1 cm³/mol. The average molecular weight is 348 g/mol. The van der Waals surface area contributed by atoms with Crippen molar-refractivity contribution in [2.24, 2.45) is 0 Å². The van der Waals surface area contributed by atoms with E-state index in [2.05, 4.69) is 14.7 Å². The molecule has 0 radical (unpaired) electrons. The lowest BCUT2D eigenvalue weighted by atomic mass is 10.2. The minimum atomic E-state index is -3.49. The molecule has 3 heterocycles. The number of hydrogen-bond donors (Lipinski definition) is 1. The summed E-state index contributed by atoms with van der Waals surface area (Å²) in [6, 6.07) is 7.11. The molecule has 1 N–H and O–H groups in total. The number of nitrogens with one attached hydrogen (secondary N) is 1. The third-order valence-electron chi connectivity index (χ3n) is 3.30. The van der Waals surface area contributed by atoms with Crippen LogP contribution in [0.25, 0.3) is 5.82 Å². The highest BCUT2D eigenvalue weighted by Crippen LogP contribution is 2.22. The highest BCUT2D eigenvalue weighted by Gasteiger charge is 2.16. The highest BCUT2D eigenvalue weighted by atomic mass is 32.2. The molecule has 0 saturated carbocycles. The summed E-state index contributed by atoms with van der Waals surface area (Å²) in [5, 5.41) is 0. The van der Waals surface area contributed by atoms with Gasteiger partial charge in [0.1, 0.15) is 16.4 Å². The summed E-state index contributed by atoms with van der Waals surface area (Å²) in [6.07, 6.45) is 7.58. The van der Waals surface area contributed by atoms with Gasteiger partial charge in [0.05, 0.1) is 0 Å². The van der Waals surface area contributed by atoms with Gasteiger partial charge in [0.15, 0.2) is 0 Å². The fourth-order valence-electron chi connectivity index (χ4n) is 2.05. The molecule has 0 saturated heterocycles. The number of nitrogens with zero attached hydrogens (tertiary/aromatic N) is 3. The molecule has 0 fully saturated rings. The molecule has 0 amide bonds. The van der Waals surface area contributed by atoms with E-state index in [0.29, 0.717) is 10.0 Å². The van der Waals surface area contributed by atoms with Crippen LogP contribution in [0, 0.1) is 0 Å². The smallest absolute Gasteiger partial charge is 0.250 e. The molecule has 0 aromatic carbocycles. The van der Waals surface area contributed by atoms with Crippen LogP contribution in [0.3, 0.4) is 0 Å². The lowest BCUT2D eigenvalue weighted by molar-refractivity contribution is 0.583. The van der Waals surface area contributed by atoms with Gasteiger partial charge in [0.25, 0.3) is 0 Å². The molecular weight excluding hydrogens is 332 g/mol. The van der Waals surface area contributed by atoms with Crippen LogP contribution in [0.2, 0.25) is 0 Å². The number of rotatable bonds is 6. The van der Waals surface area contributed by atoms with Crippen LogP contribution >= 0.6 is 11.3 Å². The van der Waals surface area contributed by atoms with Crippen LogP contribution in [0.4, 0.5) is 0 Å². The first-order valence-electron chi connectivity index (χ1n) is 7.10. The highest BCUT2D eigenvalue weighted by molar-refractivity contribution is 7.91. The van der Waals surface area contributed by atoms with Gasteiger partial charge in [-0.3, -0.25) is 4.57 Å². The van der Waals surface area contributed by atoms with E-state index in [1.807, 2.05) is 19.1 Å². The molecular formula is C15H16N4O2S2. The maximum Gasteiger partial charge on any atom is 0.250 e. The fourth-order valence-corrected chi connectivity index (χ4v) is 4.41. The summed E-state index contributed by atoms with van der Waals surface area (Å²) in [7, 11) is -3.49. The number of thiophene rings is 1. The summed E-state index contributed by atoms with van der Waals surface area (Å²) in [6.45, 7) is 2.22. The Balaban J connectivity index is 1.74. The molecule has 23 heavy (non-hydrogen) atoms. The normalized spacial score (nSPS) is 11.7. The molecule has 8 heteroatoms. The summed E-state index contributed by atoms with van der Waals surface area (Å²) in [4.78, 5) is 9.28. The van der Waals surface area contributed by atoms with Gasteiger partial charge < -0.3 is 0 Å². The van der Waals surface area contributed by atoms with E-state index in [1.165, 1.54) is 11.3 Å². The lowest BCUT2D eigenvalue weighted by Gasteiger charge is -2.07. The first-order chi connectivity index (χ1) is 11.1. The largest absolute Gasteiger partial charge is 0.291 e. The monoisotopic (exact) mass is 348 g/mol. The fraction of sp³-hybridized carbons (Fsp3) is 0.200. The van der Waals surface area contributed by atoms with Crippen molar-refractivity contribution >= 4 is 21.4 Å². The quantitative estimate of drug-likeness (QED) is 0.742. The maximum absolute atomic E-state index is 12.3. The second kappa shape index (κ2) is 6.61. The maximum atomic E-state index is 12.3. The van der Waals surface area contributed by atoms with E-state index in [-0.39, 0.29) is 6.54 Å². The molecule has 3 aromatic heterocycles. The minimum absolute atomic E-state index is 0.214. The molecule has 6 nitrogen and oxygen atoms in total. The lowest BCUT2D eigenvalue weighted by Crippen LogP contribution is -2.22. The van der Waals surface area contributed by atoms with Gasteiger partial charge in [-0.25, -0.2) is 23.1 Å². The molecule has 120 valence electrons. The van der Waals surface area contributed by atoms with Gasteiger partial charge in [-0.1, -0.05) is 6.92 Å². The Morgan fingerprint density at radius 3 is 2.83 bits per heavy atom. The Labute approximate surface area is 138 Å². The number of aromatic nitrogens is 3. The summed E-state index contributed by atoms with van der Waals surface area (Å²) in [5.41, 5.74) is 0.833. The Kier molecular flexibility index (Phi) is 4.56. The van der Waals surface area contributed by atoms with Crippen molar-refractivity contribution in [3.05, 3.63) is 59.6 Å². The van der Waals surface area contributed by atoms with Gasteiger partial charge in [-0.2, -0.15) is 0 Å². The third-order valence-corrected chi connectivity index (χ3v) is 6.42. The number of imidazole rings is 1. The van der Waals surface area contributed by atoms with E-state index < -0.39 is 10.0 Å². The van der Waals surface area contributed by atoms with Crippen LogP contribution in [0.5, 0.6) is 0 Å². The molecule has 0 spiro atoms. The molecule has 0 aliphatic carbocycles. The number of sulfonamides is 1. The first kappa shape index (κ1) is 15.9. The van der Waals surface area contributed by atoms with Crippen molar-refractivity contribution in [3.8, 4) is 5.82 Å². The molecule has 0 bridgehead atoms. The standard InChI is InChI=1S/C15H16N4O2S2/c1-2-13-3-4-15(22-13)23(20,21)18-10-12-5-6-17-14(9-12)19-8-7-16-11-19/h3-9,11,18H,2,10H2,1H3. The van der Waals surface area contributed by atoms with E-state index in [9.17, 15) is 8.42 Å². The van der Waals surface area contributed by atoms with Gasteiger partial charge in [-0.05, 0) is 36.2 Å². The zero-order chi connectivity index (χ0) is 16.3. The van der Waals surface area contributed by atoms with E-state index in [1.54, 1.807) is 41.6 Å². The SMILES string of the molecule is CCc1ccc(S(=O)(=O)NCc2ccnc(-n3ccnc3)c2)s1. The van der Waals surface area contributed by atoms with Crippen LogP contribution in [-0.4, -0.2) is 23.0 Å². The number of hydrogen-bond acceptors (Lipinski definition) is 5. The second-order valence-electron chi connectivity index (χ2n) is 4.89. The van der Waals surface area contributed by atoms with Crippen LogP contribution < -0.4 is 4.72 Å². The Bertz CT molecular complexity index is 886. The van der Waals surface area contributed by atoms with Crippen molar-refractivity contribution < 1.29 is 8.42 Å². The summed E-state index contributed by atoms with van der Waals surface area (Å²) < 4.78 is 29.4. The molecule has 3 rings (SSSR count). The predicted octanol–water partition coefficient (Wildman–Crippen LogP) is 2.37. The molecule has 0 unspecified atom stereocenters. The second-order valence-corrected chi connectivity index (χ2v) is 8.05. The number of pyridine rings is 1. The van der Waals surface area contributed by atoms with Crippen molar-refractivity contribution in [1.29, 1.82) is 0 Å². The average Bonchev–Trinajstić information content (AvgIpc) is 3.24. The van der Waals surface area contributed by atoms with Crippen molar-refractivity contribution in [2.75, 3.05) is 0 Å². The zero-order valence-electron chi connectivity index (χ0n) is 12.5. The first-order valence-corrected chi connectivity index (χ1v) is 9.40. The van der Waals surface area contributed by atoms with Gasteiger partial charge >= 0.3 is 0 Å². The van der Waals surface area contributed by atoms with Gasteiger partial charge in [-0.15, -0.1) is 11.3 Å². The summed E-state index contributed by atoms with van der Waals surface area (Å²) >= 11 is 1.30. The third kappa shape index (κ3) is 3.66. The molecule has 3 aromatic rings. The topological polar surface area (TPSA) is 76.9 Å². The van der Waals surface area contributed by atoms with E-state index in [0.717, 1.165) is 16.9 Å². The number of aryl methyl sites for hydroxylation is 1. The van der Waals surface area contributed by atoms with Gasteiger partial charge in [0.2, 0.25) is 10.0 Å². The minimum Gasteiger partial charge on any atom is -0.291 e. The molecule has 0 aliphatic heterocycles. The zero-order valence-corrected chi connectivity index (χ0v) is 14.1. The molecule has 0 aliphatic rings. The van der Waals surface area contributed by atoms with Gasteiger partial charge in [0, 0.05) is 30.0 Å². The van der Waals surface area contributed by atoms with Crippen LogP contribution in [-0.2, 0) is 23.0 Å². The Morgan fingerprint density at radius 2 is 2.13 bits per heavy atom.